The number of aromatic nitrogens is 2. The van der Waals surface area contributed by atoms with Gasteiger partial charge < -0.3 is 15.3 Å². The topological polar surface area (TPSA) is 78.4 Å². The number of rotatable bonds is 5. The molecule has 0 radical (unpaired) electrons. The van der Waals surface area contributed by atoms with E-state index >= 15 is 0 Å². The molecule has 30 heavy (non-hydrogen) atoms. The summed E-state index contributed by atoms with van der Waals surface area (Å²) >= 11 is 0. The van der Waals surface area contributed by atoms with Gasteiger partial charge in [-0.1, -0.05) is 26.8 Å². The van der Waals surface area contributed by atoms with Crippen LogP contribution in [-0.2, 0) is 23.4 Å². The highest BCUT2D eigenvalue weighted by molar-refractivity contribution is 5.91. The number of carbonyl (C=O) groups is 1. The monoisotopic (exact) mass is 410 g/mol. The Hall–Kier alpha value is -2.47. The van der Waals surface area contributed by atoms with Crippen LogP contribution in [0, 0.1) is 12.3 Å². The van der Waals surface area contributed by atoms with Gasteiger partial charge in [-0.25, -0.2) is 4.98 Å². The summed E-state index contributed by atoms with van der Waals surface area (Å²) in [5.41, 5.74) is 3.91. The Bertz CT molecular complexity index is 909. The third kappa shape index (κ3) is 5.57. The van der Waals surface area contributed by atoms with E-state index in [4.69, 9.17) is 4.98 Å². The van der Waals surface area contributed by atoms with Gasteiger partial charge in [0.25, 0.3) is 0 Å². The molecule has 6 nitrogen and oxygen atoms in total. The molecule has 2 N–H and O–H groups in total. The fourth-order valence-electron chi connectivity index (χ4n) is 3.68. The molecular formula is C24H34N4O2. The molecule has 6 heteroatoms. The molecule has 2 aromatic heterocycles. The normalized spacial score (nSPS) is 14.4. The lowest BCUT2D eigenvalue weighted by atomic mass is 9.92. The van der Waals surface area contributed by atoms with Gasteiger partial charge >= 0.3 is 0 Å². The molecule has 1 aliphatic heterocycles. The van der Waals surface area contributed by atoms with Crippen LogP contribution in [0.15, 0.2) is 24.4 Å². The number of carbonyl (C=O) groups excluding carboxylic acids is 1. The minimum Gasteiger partial charge on any atom is -0.386 e. The molecule has 0 unspecified atom stereocenters. The lowest BCUT2D eigenvalue weighted by Gasteiger charge is -2.31. The minimum absolute atomic E-state index is 0.00168. The Kier molecular flexibility index (Phi) is 6.18. The first-order chi connectivity index (χ1) is 13.9. The first kappa shape index (κ1) is 22.2. The molecule has 0 saturated carbocycles. The second-order valence-electron chi connectivity index (χ2n) is 10.0. The highest BCUT2D eigenvalue weighted by atomic mass is 16.3. The number of anilines is 2. The van der Waals surface area contributed by atoms with Crippen molar-refractivity contribution in [1.29, 1.82) is 0 Å². The van der Waals surface area contributed by atoms with Crippen LogP contribution in [-0.4, -0.2) is 27.5 Å². The molecule has 2 aromatic rings. The summed E-state index contributed by atoms with van der Waals surface area (Å²) in [7, 11) is 0. The number of aliphatic hydroxyl groups is 1. The number of hydrogen-bond acceptors (Lipinski definition) is 5. The fourth-order valence-corrected chi connectivity index (χ4v) is 3.68. The van der Waals surface area contributed by atoms with Crippen molar-refractivity contribution in [2.75, 3.05) is 16.8 Å². The van der Waals surface area contributed by atoms with Crippen LogP contribution in [0.2, 0.25) is 0 Å². The van der Waals surface area contributed by atoms with E-state index in [1.165, 1.54) is 0 Å². The zero-order valence-corrected chi connectivity index (χ0v) is 19.0. The lowest BCUT2D eigenvalue weighted by Crippen LogP contribution is -2.30. The van der Waals surface area contributed by atoms with Gasteiger partial charge in [0.05, 0.1) is 29.2 Å². The Balaban J connectivity index is 1.77. The van der Waals surface area contributed by atoms with Crippen molar-refractivity contribution >= 4 is 17.4 Å². The van der Waals surface area contributed by atoms with E-state index < -0.39 is 5.60 Å². The SMILES string of the molecule is Cc1cc2c(nc1NC(=O)CC(C)(C)C)CCCN2Cc1ccc(C(C)(C)O)cn1. The maximum Gasteiger partial charge on any atom is 0.226 e. The second kappa shape index (κ2) is 8.34. The van der Waals surface area contributed by atoms with Crippen LogP contribution in [0.4, 0.5) is 11.5 Å². The van der Waals surface area contributed by atoms with E-state index in [0.29, 0.717) is 18.8 Å². The average Bonchev–Trinajstić information content (AvgIpc) is 2.61. The summed E-state index contributed by atoms with van der Waals surface area (Å²) in [6.45, 7) is 13.3. The first-order valence-corrected chi connectivity index (χ1v) is 10.7. The first-order valence-electron chi connectivity index (χ1n) is 10.7. The zero-order valence-electron chi connectivity index (χ0n) is 19.0. The van der Waals surface area contributed by atoms with E-state index in [1.807, 2.05) is 19.1 Å². The molecule has 1 aliphatic rings. The second-order valence-corrected chi connectivity index (χ2v) is 10.0. The molecule has 0 fully saturated rings. The van der Waals surface area contributed by atoms with Crippen LogP contribution in [0.5, 0.6) is 0 Å². The highest BCUT2D eigenvalue weighted by Crippen LogP contribution is 2.31. The Morgan fingerprint density at radius 2 is 1.97 bits per heavy atom. The predicted molar refractivity (Wildman–Crippen MR) is 121 cm³/mol. The molecule has 0 atom stereocenters. The summed E-state index contributed by atoms with van der Waals surface area (Å²) in [4.78, 5) is 24.0. The van der Waals surface area contributed by atoms with Crippen molar-refractivity contribution in [2.24, 2.45) is 5.41 Å². The van der Waals surface area contributed by atoms with E-state index in [2.05, 4.69) is 42.0 Å². The molecule has 3 heterocycles. The molecule has 0 aliphatic carbocycles. The summed E-state index contributed by atoms with van der Waals surface area (Å²) in [6, 6.07) is 6.03. The van der Waals surface area contributed by atoms with Gasteiger partial charge in [-0.3, -0.25) is 9.78 Å². The molecule has 0 aromatic carbocycles. The van der Waals surface area contributed by atoms with Gasteiger partial charge in [0.15, 0.2) is 0 Å². The van der Waals surface area contributed by atoms with Crippen LogP contribution in [0.25, 0.3) is 0 Å². The number of pyridine rings is 2. The molecule has 3 rings (SSSR count). The Morgan fingerprint density at radius 3 is 2.57 bits per heavy atom. The summed E-state index contributed by atoms with van der Waals surface area (Å²) in [6.07, 6.45) is 4.13. The van der Waals surface area contributed by atoms with Crippen molar-refractivity contribution < 1.29 is 9.90 Å². The molecule has 0 spiro atoms. The Labute approximate surface area is 179 Å². The molecule has 1 amide bonds. The van der Waals surface area contributed by atoms with Crippen LogP contribution < -0.4 is 10.2 Å². The van der Waals surface area contributed by atoms with Crippen LogP contribution >= 0.6 is 0 Å². The zero-order chi connectivity index (χ0) is 22.1. The molecule has 162 valence electrons. The largest absolute Gasteiger partial charge is 0.386 e. The number of hydrogen-bond donors (Lipinski definition) is 2. The third-order valence-electron chi connectivity index (χ3n) is 5.28. The van der Waals surface area contributed by atoms with Gasteiger partial charge in [0.1, 0.15) is 5.82 Å². The van der Waals surface area contributed by atoms with Gasteiger partial charge in [0.2, 0.25) is 5.91 Å². The third-order valence-corrected chi connectivity index (χ3v) is 5.28. The average molecular weight is 411 g/mol. The van der Waals surface area contributed by atoms with Gasteiger partial charge in [-0.05, 0) is 56.7 Å². The smallest absolute Gasteiger partial charge is 0.226 e. The maximum absolute atomic E-state index is 12.4. The Morgan fingerprint density at radius 1 is 1.23 bits per heavy atom. The number of nitrogens with zero attached hydrogens (tertiary/aromatic N) is 3. The van der Waals surface area contributed by atoms with E-state index in [-0.39, 0.29) is 11.3 Å². The van der Waals surface area contributed by atoms with Crippen LogP contribution in [0.3, 0.4) is 0 Å². The summed E-state index contributed by atoms with van der Waals surface area (Å²) in [5.74, 6) is 0.666. The van der Waals surface area contributed by atoms with Gasteiger partial charge in [-0.2, -0.15) is 0 Å². The summed E-state index contributed by atoms with van der Waals surface area (Å²) in [5, 5.41) is 13.1. The predicted octanol–water partition coefficient (Wildman–Crippen LogP) is 4.34. The van der Waals surface area contributed by atoms with E-state index in [1.54, 1.807) is 20.0 Å². The van der Waals surface area contributed by atoms with Crippen molar-refractivity contribution in [3.05, 3.63) is 46.9 Å². The van der Waals surface area contributed by atoms with Crippen molar-refractivity contribution in [1.82, 2.24) is 9.97 Å². The van der Waals surface area contributed by atoms with Crippen molar-refractivity contribution in [3.8, 4) is 0 Å². The van der Waals surface area contributed by atoms with Crippen molar-refractivity contribution in [2.45, 2.75) is 73.0 Å². The van der Waals surface area contributed by atoms with E-state index in [0.717, 1.165) is 47.6 Å². The summed E-state index contributed by atoms with van der Waals surface area (Å²) < 4.78 is 0. The molecule has 0 saturated heterocycles. The fraction of sp³-hybridized carbons (Fsp3) is 0.542. The maximum atomic E-state index is 12.4. The number of amides is 1. The quantitative estimate of drug-likeness (QED) is 0.767. The van der Waals surface area contributed by atoms with Crippen molar-refractivity contribution in [3.63, 3.8) is 0 Å². The number of fused-ring (bicyclic) bond motifs is 1. The van der Waals surface area contributed by atoms with Crippen LogP contribution in [0.1, 0.15) is 70.0 Å². The number of nitrogens with one attached hydrogen (secondary N) is 1. The standard InChI is InChI=1S/C24H34N4O2/c1-16-12-20-19(26-22(16)27-21(29)13-23(2,3)4)8-7-11-28(20)15-18-10-9-17(14-25-18)24(5,6)30/h9-10,12,14,30H,7-8,11,13,15H2,1-6H3,(H,26,27,29). The molecule has 0 bridgehead atoms. The number of aryl methyl sites for hydroxylation is 2. The van der Waals surface area contributed by atoms with Gasteiger partial charge in [-0.15, -0.1) is 0 Å². The lowest BCUT2D eigenvalue weighted by molar-refractivity contribution is -0.117. The van der Waals surface area contributed by atoms with Gasteiger partial charge in [0, 0.05) is 24.7 Å². The highest BCUT2D eigenvalue weighted by Gasteiger charge is 2.23. The van der Waals surface area contributed by atoms with E-state index in [9.17, 15) is 9.90 Å². The minimum atomic E-state index is -0.891. The molecular weight excluding hydrogens is 376 g/mol.